The standard InChI is InChI=1S/C68H60F3N8O8P2/c69-68(70,71)87-65-10-8-64(9-11-65)78-38-23-58(24-39-78)55-17-32-74(33-18-55)46-59-44-61(48-76-34-19-56(20-35-76)57-21-36-77(37-22-57)63-6-4-52(50-80)5-7-63)62(49-79-27-2-1-3-67(79)66-43-51(12-26-72-66)25-41-88(81,82)83)45-60(59)47-75-30-15-54(16-31-75)53-13-28-73(29-14-53)40-42-89(84,85)86/h1-24,26-39,43-45,80H,25,40-42,46-50H2/q+3/p+4. The van der Waals surface area contributed by atoms with Crippen LogP contribution in [0, 0.1) is 0 Å². The third-order valence-electron chi connectivity index (χ3n) is 15.3. The smallest absolute Gasteiger partial charge is 0.406 e. The zero-order valence-corrected chi connectivity index (χ0v) is 49.9. The molecule has 0 spiro atoms. The molecule has 11 aromatic rings. The van der Waals surface area contributed by atoms with Crippen molar-refractivity contribution >= 4 is 15.2 Å². The Kier molecular flexibility index (Phi) is 18.6. The van der Waals surface area contributed by atoms with Crippen LogP contribution in [0.1, 0.15) is 33.4 Å². The highest BCUT2D eigenvalue weighted by molar-refractivity contribution is 7.52. The van der Waals surface area contributed by atoms with Crippen molar-refractivity contribution in [1.82, 2.24) is 4.98 Å². The van der Waals surface area contributed by atoms with E-state index in [0.29, 0.717) is 37.6 Å². The summed E-state index contributed by atoms with van der Waals surface area (Å²) < 4.78 is 80.1. The molecular formula is C68H64F3N8O8P2+7. The fourth-order valence-corrected chi connectivity index (χ4v) is 11.6. The van der Waals surface area contributed by atoms with Crippen LogP contribution in [-0.2, 0) is 54.9 Å². The number of rotatable bonds is 22. The van der Waals surface area contributed by atoms with Crippen LogP contribution in [0.5, 0.6) is 5.75 Å². The third kappa shape index (κ3) is 16.7. The first-order chi connectivity index (χ1) is 42.8. The number of halogens is 3. The summed E-state index contributed by atoms with van der Waals surface area (Å²) in [4.78, 5) is 43.0. The number of hydrogen-bond donors (Lipinski definition) is 5. The second kappa shape index (κ2) is 27.0. The Labute approximate surface area is 511 Å². The zero-order chi connectivity index (χ0) is 62.1. The van der Waals surface area contributed by atoms with Gasteiger partial charge in [0.1, 0.15) is 17.6 Å². The zero-order valence-electron chi connectivity index (χ0n) is 48.1. The Morgan fingerprint density at radius 3 is 1.28 bits per heavy atom. The molecule has 5 N–H and O–H groups in total. The highest BCUT2D eigenvalue weighted by atomic mass is 31.2. The van der Waals surface area contributed by atoms with Gasteiger partial charge in [-0.15, -0.1) is 13.2 Å². The van der Waals surface area contributed by atoms with Crippen molar-refractivity contribution in [3.05, 3.63) is 284 Å². The number of pyridine rings is 8. The summed E-state index contributed by atoms with van der Waals surface area (Å²) in [6.07, 6.45) is 22.3. The molecule has 0 atom stereocenters. The second-order valence-corrected chi connectivity index (χ2v) is 25.2. The molecule has 3 aromatic carbocycles. The van der Waals surface area contributed by atoms with Crippen molar-refractivity contribution in [2.45, 2.75) is 52.1 Å². The molecule has 89 heavy (non-hydrogen) atoms. The topological polar surface area (TPSA) is 185 Å². The molecule has 16 nitrogen and oxygen atoms in total. The number of aliphatic hydroxyl groups excluding tert-OH is 1. The molecule has 11 rings (SSSR count). The molecule has 0 saturated heterocycles. The normalized spacial score (nSPS) is 11.9. The van der Waals surface area contributed by atoms with E-state index >= 15 is 0 Å². The van der Waals surface area contributed by atoms with Crippen molar-refractivity contribution < 1.29 is 83.7 Å². The van der Waals surface area contributed by atoms with Crippen LogP contribution in [0.25, 0.3) is 56.1 Å². The number of alkyl halides is 3. The van der Waals surface area contributed by atoms with Gasteiger partial charge in [0, 0.05) is 138 Å². The van der Waals surface area contributed by atoms with Gasteiger partial charge < -0.3 is 29.4 Å². The Morgan fingerprint density at radius 1 is 0.438 bits per heavy atom. The molecule has 0 amide bonds. The molecule has 0 unspecified atom stereocenters. The lowest BCUT2D eigenvalue weighted by Gasteiger charge is -2.13. The fraction of sp³-hybridized carbons (Fsp3) is 0.147. The van der Waals surface area contributed by atoms with Crippen LogP contribution >= 0.6 is 15.2 Å². The summed E-state index contributed by atoms with van der Waals surface area (Å²) in [5.41, 5.74) is 14.9. The number of ether oxygens (including phenoxy) is 1. The van der Waals surface area contributed by atoms with Crippen LogP contribution in [0.2, 0.25) is 0 Å². The van der Waals surface area contributed by atoms with Gasteiger partial charge in [0.2, 0.25) is 17.1 Å². The van der Waals surface area contributed by atoms with E-state index in [4.69, 9.17) is 4.98 Å². The van der Waals surface area contributed by atoms with Gasteiger partial charge in [0.15, 0.2) is 113 Å². The monoisotopic (exact) mass is 1240 g/mol. The molecule has 8 aromatic heterocycles. The van der Waals surface area contributed by atoms with Gasteiger partial charge in [0.25, 0.3) is 0 Å². The van der Waals surface area contributed by atoms with Crippen molar-refractivity contribution in [3.8, 4) is 61.9 Å². The van der Waals surface area contributed by atoms with E-state index in [0.717, 1.165) is 78.1 Å². The maximum Gasteiger partial charge on any atom is 0.573 e. The molecule has 0 radical (unpaired) electrons. The molecule has 8 heterocycles. The molecule has 0 aliphatic rings. The minimum absolute atomic E-state index is 0.0173. The highest BCUT2D eigenvalue weighted by Crippen LogP contribution is 2.35. The molecule has 0 aliphatic carbocycles. The largest absolute Gasteiger partial charge is 0.573 e. The Balaban J connectivity index is 0.937. The average Bonchev–Trinajstić information content (AvgIpc) is 1.86. The van der Waals surface area contributed by atoms with Crippen LogP contribution in [0.3, 0.4) is 0 Å². The first-order valence-corrected chi connectivity index (χ1v) is 32.1. The molecule has 0 bridgehead atoms. The Hall–Kier alpha value is -9.29. The van der Waals surface area contributed by atoms with E-state index in [9.17, 15) is 47.0 Å². The lowest BCUT2D eigenvalue weighted by atomic mass is 9.96. The van der Waals surface area contributed by atoms with E-state index in [1.165, 1.54) is 12.1 Å². The van der Waals surface area contributed by atoms with E-state index in [1.807, 2.05) is 162 Å². The molecule has 0 fully saturated rings. The number of aromatic nitrogens is 8. The van der Waals surface area contributed by atoms with E-state index in [1.54, 1.807) is 29.0 Å². The van der Waals surface area contributed by atoms with Gasteiger partial charge in [-0.05, 0) is 93.4 Å². The van der Waals surface area contributed by atoms with Crippen molar-refractivity contribution in [1.29, 1.82) is 0 Å². The SMILES string of the molecule is O=P(O)(O)CCc1ccnc(-c2cccc[n+]2Cc2cc(C[n+]3ccc(-c4cc[n+](CCP(=O)(O)O)cc4)cc3)c(C[n+]3ccc(-c4cc[n+](-c5ccc(OC(F)(F)F)cc5)cc4)cc3)cc2C[n+]2ccc(-c3cc[n+](-c4ccc(CO)cc4)cc3)cc2)c1. The lowest BCUT2D eigenvalue weighted by molar-refractivity contribution is -0.694. The summed E-state index contributed by atoms with van der Waals surface area (Å²) in [5.74, 6) is -0.298. The maximum absolute atomic E-state index is 12.8. The third-order valence-corrected chi connectivity index (χ3v) is 16.9. The summed E-state index contributed by atoms with van der Waals surface area (Å²) in [7, 11) is -8.39. The number of benzene rings is 3. The molecule has 0 aliphatic heterocycles. The predicted molar refractivity (Wildman–Crippen MR) is 322 cm³/mol. The lowest BCUT2D eigenvalue weighted by Crippen LogP contribution is -2.40. The summed E-state index contributed by atoms with van der Waals surface area (Å²) in [5, 5.41) is 9.54. The molecule has 0 saturated carbocycles. The molecular weight excluding hydrogens is 1180 g/mol. The predicted octanol–water partition coefficient (Wildman–Crippen LogP) is 8.22. The van der Waals surface area contributed by atoms with Gasteiger partial charge in [-0.3, -0.25) is 9.13 Å². The van der Waals surface area contributed by atoms with Crippen LogP contribution < -0.4 is 36.7 Å². The van der Waals surface area contributed by atoms with Gasteiger partial charge in [-0.2, -0.15) is 13.7 Å². The number of nitrogens with zero attached hydrogens (tertiary/aromatic N) is 8. The fourth-order valence-electron chi connectivity index (χ4n) is 10.5. The first kappa shape index (κ1) is 61.4. The van der Waals surface area contributed by atoms with Gasteiger partial charge >= 0.3 is 21.6 Å². The summed E-state index contributed by atoms with van der Waals surface area (Å²) in [6, 6.07) is 51.9. The van der Waals surface area contributed by atoms with E-state index < -0.39 is 21.6 Å². The second-order valence-electron chi connectivity index (χ2n) is 21.6. The number of aryl methyl sites for hydroxylation is 2. The quantitative estimate of drug-likeness (QED) is 0.0330. The number of aliphatic hydroxyl groups is 1. The van der Waals surface area contributed by atoms with Gasteiger partial charge in [0.05, 0.1) is 12.8 Å². The van der Waals surface area contributed by atoms with Gasteiger partial charge in [-0.1, -0.05) is 12.1 Å². The Bertz CT molecular complexity index is 4330. The van der Waals surface area contributed by atoms with Crippen molar-refractivity contribution in [2.75, 3.05) is 12.3 Å². The molecule has 448 valence electrons. The summed E-state index contributed by atoms with van der Waals surface area (Å²) >= 11 is 0. The first-order valence-electron chi connectivity index (χ1n) is 28.6. The molecule has 21 heteroatoms. The van der Waals surface area contributed by atoms with Crippen molar-refractivity contribution in [3.63, 3.8) is 0 Å². The van der Waals surface area contributed by atoms with Crippen molar-refractivity contribution in [2.24, 2.45) is 0 Å². The minimum atomic E-state index is -4.78. The van der Waals surface area contributed by atoms with E-state index in [2.05, 4.69) is 83.9 Å². The van der Waals surface area contributed by atoms with Crippen LogP contribution in [0.15, 0.2) is 251 Å². The minimum Gasteiger partial charge on any atom is -0.406 e. The van der Waals surface area contributed by atoms with E-state index in [-0.39, 0.29) is 37.6 Å². The van der Waals surface area contributed by atoms with Crippen LogP contribution in [-0.4, -0.2) is 48.4 Å². The van der Waals surface area contributed by atoms with Crippen LogP contribution in [0.4, 0.5) is 13.2 Å². The maximum atomic E-state index is 12.8. The summed E-state index contributed by atoms with van der Waals surface area (Å²) in [6.45, 7) is 2.14. The van der Waals surface area contributed by atoms with Gasteiger partial charge in [-0.25, -0.2) is 23.3 Å². The Morgan fingerprint density at radius 2 is 0.854 bits per heavy atom. The highest BCUT2D eigenvalue weighted by Gasteiger charge is 2.31. The number of hydrogen-bond acceptors (Lipinski definition) is 5. The average molecular weight is 1240 g/mol.